The summed E-state index contributed by atoms with van der Waals surface area (Å²) in [4.78, 5) is 5.10. The van der Waals surface area contributed by atoms with Crippen molar-refractivity contribution in [2.75, 3.05) is 40.3 Å². The fraction of sp³-hybridized carbons (Fsp3) is 0.625. The van der Waals surface area contributed by atoms with Gasteiger partial charge in [-0.3, -0.25) is 4.90 Å². The Labute approximate surface area is 128 Å². The number of fused-ring (bicyclic) bond motifs is 1. The third kappa shape index (κ3) is 3.11. The van der Waals surface area contributed by atoms with Gasteiger partial charge >= 0.3 is 0 Å². The fourth-order valence-electron chi connectivity index (χ4n) is 3.43. The van der Waals surface area contributed by atoms with Crippen molar-refractivity contribution in [1.29, 1.82) is 0 Å². The summed E-state index contributed by atoms with van der Waals surface area (Å²) in [6.45, 7) is 4.84. The lowest BCUT2D eigenvalue weighted by Gasteiger charge is -2.40. The largest absolute Gasteiger partial charge is 0.496 e. The standard InChI is InChI=1S/C16H24N2O.ClH/c1-17-8-10-18(11-9-17)14-7-6-13-4-3-5-16(19-2)15(13)12-14;/h3-5,14H,6-12H2,1-2H3;1H. The van der Waals surface area contributed by atoms with E-state index < -0.39 is 0 Å². The van der Waals surface area contributed by atoms with E-state index in [2.05, 4.69) is 35.0 Å². The van der Waals surface area contributed by atoms with E-state index in [1.165, 1.54) is 50.1 Å². The number of likely N-dealkylation sites (N-methyl/N-ethyl adjacent to an activating group) is 1. The smallest absolute Gasteiger partial charge is 0.122 e. The number of aryl methyl sites for hydroxylation is 1. The highest BCUT2D eigenvalue weighted by Gasteiger charge is 2.27. The van der Waals surface area contributed by atoms with Crippen LogP contribution in [0.15, 0.2) is 18.2 Å². The molecule has 1 unspecified atom stereocenters. The van der Waals surface area contributed by atoms with Crippen molar-refractivity contribution in [2.24, 2.45) is 0 Å². The van der Waals surface area contributed by atoms with Gasteiger partial charge in [0, 0.05) is 32.2 Å². The minimum Gasteiger partial charge on any atom is -0.496 e. The molecule has 0 radical (unpaired) electrons. The lowest BCUT2D eigenvalue weighted by molar-refractivity contribution is 0.103. The zero-order valence-corrected chi connectivity index (χ0v) is 13.3. The molecule has 1 aromatic rings. The zero-order chi connectivity index (χ0) is 13.2. The van der Waals surface area contributed by atoms with Crippen molar-refractivity contribution >= 4 is 12.4 Å². The van der Waals surface area contributed by atoms with Crippen LogP contribution in [0, 0.1) is 0 Å². The summed E-state index contributed by atoms with van der Waals surface area (Å²) in [6, 6.07) is 7.19. The first-order valence-corrected chi connectivity index (χ1v) is 7.35. The van der Waals surface area contributed by atoms with E-state index in [1.54, 1.807) is 7.11 Å². The second-order valence-corrected chi connectivity index (χ2v) is 5.83. The average Bonchev–Trinajstić information content (AvgIpc) is 2.47. The second kappa shape index (κ2) is 6.79. The van der Waals surface area contributed by atoms with Crippen LogP contribution in [0.5, 0.6) is 5.75 Å². The summed E-state index contributed by atoms with van der Waals surface area (Å²) in [7, 11) is 4.01. The molecule has 1 atom stereocenters. The van der Waals surface area contributed by atoms with Crippen molar-refractivity contribution in [3.05, 3.63) is 29.3 Å². The van der Waals surface area contributed by atoms with E-state index in [0.717, 1.165) is 12.2 Å². The molecule has 112 valence electrons. The molecule has 3 rings (SSSR count). The number of rotatable bonds is 2. The van der Waals surface area contributed by atoms with Gasteiger partial charge in [-0.1, -0.05) is 12.1 Å². The maximum atomic E-state index is 5.54. The Kier molecular flexibility index (Phi) is 5.30. The minimum atomic E-state index is 0. The van der Waals surface area contributed by atoms with E-state index in [-0.39, 0.29) is 12.4 Å². The summed E-state index contributed by atoms with van der Waals surface area (Å²) >= 11 is 0. The van der Waals surface area contributed by atoms with Crippen molar-refractivity contribution < 1.29 is 4.74 Å². The predicted octanol–water partition coefficient (Wildman–Crippen LogP) is 2.22. The zero-order valence-electron chi connectivity index (χ0n) is 12.5. The molecular weight excluding hydrogens is 272 g/mol. The molecule has 1 aromatic carbocycles. The van der Waals surface area contributed by atoms with Gasteiger partial charge in [-0.05, 0) is 43.5 Å². The first-order valence-electron chi connectivity index (χ1n) is 7.35. The molecule has 3 nitrogen and oxygen atoms in total. The van der Waals surface area contributed by atoms with Crippen molar-refractivity contribution in [2.45, 2.75) is 25.3 Å². The van der Waals surface area contributed by atoms with E-state index in [0.29, 0.717) is 6.04 Å². The molecule has 20 heavy (non-hydrogen) atoms. The average molecular weight is 297 g/mol. The van der Waals surface area contributed by atoms with Gasteiger partial charge in [0.15, 0.2) is 0 Å². The van der Waals surface area contributed by atoms with Gasteiger partial charge in [-0.15, -0.1) is 12.4 Å². The number of hydrogen-bond acceptors (Lipinski definition) is 3. The summed E-state index contributed by atoms with van der Waals surface area (Å²) in [6.07, 6.45) is 3.65. The van der Waals surface area contributed by atoms with Gasteiger partial charge in [0.1, 0.15) is 5.75 Å². The maximum Gasteiger partial charge on any atom is 0.122 e. The van der Waals surface area contributed by atoms with Crippen LogP contribution in [0.3, 0.4) is 0 Å². The molecule has 1 aliphatic heterocycles. The molecule has 0 bridgehead atoms. The molecule has 0 aromatic heterocycles. The molecule has 0 N–H and O–H groups in total. The third-order valence-corrected chi connectivity index (χ3v) is 4.69. The van der Waals surface area contributed by atoms with Crippen molar-refractivity contribution in [3.8, 4) is 5.75 Å². The number of hydrogen-bond donors (Lipinski definition) is 0. The Morgan fingerprint density at radius 1 is 1.15 bits per heavy atom. The molecule has 1 fully saturated rings. The lowest BCUT2D eigenvalue weighted by Crippen LogP contribution is -2.50. The quantitative estimate of drug-likeness (QED) is 0.832. The van der Waals surface area contributed by atoms with Crippen LogP contribution in [0.2, 0.25) is 0 Å². The van der Waals surface area contributed by atoms with Crippen molar-refractivity contribution in [3.63, 3.8) is 0 Å². The summed E-state index contributed by atoms with van der Waals surface area (Å²) < 4.78 is 5.54. The van der Waals surface area contributed by atoms with Gasteiger partial charge in [0.05, 0.1) is 7.11 Å². The molecule has 1 heterocycles. The Hall–Kier alpha value is -0.770. The monoisotopic (exact) mass is 296 g/mol. The van der Waals surface area contributed by atoms with Crippen LogP contribution in [0.4, 0.5) is 0 Å². The first-order chi connectivity index (χ1) is 9.28. The van der Waals surface area contributed by atoms with Crippen LogP contribution in [0.25, 0.3) is 0 Å². The first kappa shape index (κ1) is 15.6. The highest BCUT2D eigenvalue weighted by molar-refractivity contribution is 5.85. The number of nitrogens with zero attached hydrogens (tertiary/aromatic N) is 2. The number of benzene rings is 1. The van der Waals surface area contributed by atoms with Crippen LogP contribution in [0.1, 0.15) is 17.5 Å². The molecular formula is C16H25ClN2O. The number of ether oxygens (including phenoxy) is 1. The molecule has 1 aliphatic carbocycles. The summed E-state index contributed by atoms with van der Waals surface area (Å²) in [5.41, 5.74) is 2.94. The van der Waals surface area contributed by atoms with E-state index >= 15 is 0 Å². The van der Waals surface area contributed by atoms with Gasteiger partial charge in [0.25, 0.3) is 0 Å². The van der Waals surface area contributed by atoms with Crippen LogP contribution in [-0.4, -0.2) is 56.2 Å². The Morgan fingerprint density at radius 2 is 1.90 bits per heavy atom. The number of halogens is 1. The lowest BCUT2D eigenvalue weighted by atomic mass is 9.86. The van der Waals surface area contributed by atoms with E-state index in [1.807, 2.05) is 0 Å². The highest BCUT2D eigenvalue weighted by atomic mass is 35.5. The van der Waals surface area contributed by atoms with Gasteiger partial charge in [0.2, 0.25) is 0 Å². The predicted molar refractivity (Wildman–Crippen MR) is 85.1 cm³/mol. The normalized spacial score (nSPS) is 23.8. The topological polar surface area (TPSA) is 15.7 Å². The third-order valence-electron chi connectivity index (χ3n) is 4.69. The fourth-order valence-corrected chi connectivity index (χ4v) is 3.43. The Morgan fingerprint density at radius 3 is 2.60 bits per heavy atom. The summed E-state index contributed by atoms with van der Waals surface area (Å²) in [5.74, 6) is 1.08. The van der Waals surface area contributed by atoms with E-state index in [4.69, 9.17) is 4.74 Å². The van der Waals surface area contributed by atoms with Gasteiger partial charge < -0.3 is 9.64 Å². The summed E-state index contributed by atoms with van der Waals surface area (Å²) in [5, 5.41) is 0. The molecule has 0 amide bonds. The minimum absolute atomic E-state index is 0. The second-order valence-electron chi connectivity index (χ2n) is 5.83. The van der Waals surface area contributed by atoms with Crippen molar-refractivity contribution in [1.82, 2.24) is 9.80 Å². The SMILES string of the molecule is COc1cccc2c1CC(N1CCN(C)CC1)CC2.Cl. The van der Waals surface area contributed by atoms with E-state index in [9.17, 15) is 0 Å². The Bertz CT molecular complexity index is 430. The molecule has 1 saturated heterocycles. The number of methoxy groups -OCH3 is 1. The molecule has 4 heteroatoms. The van der Waals surface area contributed by atoms with Gasteiger partial charge in [-0.25, -0.2) is 0 Å². The van der Waals surface area contributed by atoms with Gasteiger partial charge in [-0.2, -0.15) is 0 Å². The molecule has 2 aliphatic rings. The van der Waals surface area contributed by atoms with Crippen LogP contribution in [-0.2, 0) is 12.8 Å². The van der Waals surface area contributed by atoms with Crippen LogP contribution < -0.4 is 4.74 Å². The molecule has 0 spiro atoms. The Balaban J connectivity index is 0.00000147. The van der Waals surface area contributed by atoms with Crippen LogP contribution >= 0.6 is 12.4 Å². The molecule has 0 saturated carbocycles. The maximum absolute atomic E-state index is 5.54. The number of piperazine rings is 1. The highest BCUT2D eigenvalue weighted by Crippen LogP contribution is 2.31.